The molecule has 0 saturated heterocycles. The number of nitrogens with one attached hydrogen (secondary N) is 1. The van der Waals surface area contributed by atoms with Crippen molar-refractivity contribution < 1.29 is 13.9 Å². The SMILES string of the molecule is O=C(NCCC#Cc1ccc2oc3ccccc3c2c1)OCC1c2ccccc2-c2ccccc21. The van der Waals surface area contributed by atoms with E-state index in [0.717, 1.165) is 27.5 Å². The van der Waals surface area contributed by atoms with Crippen molar-refractivity contribution >= 4 is 28.0 Å². The minimum Gasteiger partial charge on any atom is -0.456 e. The van der Waals surface area contributed by atoms with Crippen LogP contribution in [-0.4, -0.2) is 19.2 Å². The minimum absolute atomic E-state index is 0.0573. The zero-order valence-corrected chi connectivity index (χ0v) is 19.1. The molecule has 0 fully saturated rings. The third-order valence-corrected chi connectivity index (χ3v) is 6.47. The molecule has 1 heterocycles. The lowest BCUT2D eigenvalue weighted by Gasteiger charge is -2.14. The van der Waals surface area contributed by atoms with Crippen LogP contribution in [0.15, 0.2) is 95.4 Å². The summed E-state index contributed by atoms with van der Waals surface area (Å²) in [5.74, 6) is 6.37. The molecular formula is C31H23NO3. The smallest absolute Gasteiger partial charge is 0.407 e. The number of fused-ring (bicyclic) bond motifs is 6. The Kier molecular flexibility index (Phi) is 5.44. The maximum Gasteiger partial charge on any atom is 0.407 e. The van der Waals surface area contributed by atoms with Crippen LogP contribution in [0.5, 0.6) is 0 Å². The third-order valence-electron chi connectivity index (χ3n) is 6.47. The molecule has 170 valence electrons. The average Bonchev–Trinajstić information content (AvgIpc) is 3.43. The minimum atomic E-state index is -0.417. The van der Waals surface area contributed by atoms with Gasteiger partial charge < -0.3 is 14.5 Å². The summed E-state index contributed by atoms with van der Waals surface area (Å²) >= 11 is 0. The molecule has 5 aromatic rings. The number of hydrogen-bond acceptors (Lipinski definition) is 3. The maximum atomic E-state index is 12.3. The van der Waals surface area contributed by atoms with E-state index in [4.69, 9.17) is 9.15 Å². The van der Waals surface area contributed by atoms with Crippen LogP contribution in [0.2, 0.25) is 0 Å². The van der Waals surface area contributed by atoms with Crippen molar-refractivity contribution in [1.29, 1.82) is 0 Å². The van der Waals surface area contributed by atoms with Crippen molar-refractivity contribution in [2.45, 2.75) is 12.3 Å². The maximum absolute atomic E-state index is 12.3. The number of carbonyl (C=O) groups is 1. The molecule has 4 heteroatoms. The van der Waals surface area contributed by atoms with Gasteiger partial charge in [-0.2, -0.15) is 0 Å². The molecule has 1 aliphatic carbocycles. The molecule has 0 unspecified atom stereocenters. The Bertz CT molecular complexity index is 1570. The summed E-state index contributed by atoms with van der Waals surface area (Å²) in [5.41, 5.74) is 7.49. The first-order valence-electron chi connectivity index (χ1n) is 11.8. The molecule has 35 heavy (non-hydrogen) atoms. The Morgan fingerprint density at radius 1 is 0.829 bits per heavy atom. The number of furan rings is 1. The molecule has 1 N–H and O–H groups in total. The second kappa shape index (κ2) is 9.04. The van der Waals surface area contributed by atoms with Crippen molar-refractivity contribution in [3.8, 4) is 23.0 Å². The normalized spacial score (nSPS) is 12.1. The number of ether oxygens (including phenoxy) is 1. The molecule has 6 rings (SSSR count). The molecule has 0 bridgehead atoms. The first-order valence-corrected chi connectivity index (χ1v) is 11.8. The fourth-order valence-electron chi connectivity index (χ4n) is 4.84. The van der Waals surface area contributed by atoms with Gasteiger partial charge >= 0.3 is 6.09 Å². The van der Waals surface area contributed by atoms with E-state index >= 15 is 0 Å². The molecule has 0 spiro atoms. The second-order valence-corrected chi connectivity index (χ2v) is 8.61. The highest BCUT2D eigenvalue weighted by Gasteiger charge is 2.28. The Morgan fingerprint density at radius 3 is 2.31 bits per heavy atom. The highest BCUT2D eigenvalue weighted by molar-refractivity contribution is 6.05. The largest absolute Gasteiger partial charge is 0.456 e. The van der Waals surface area contributed by atoms with Gasteiger partial charge in [-0.15, -0.1) is 0 Å². The summed E-state index contributed by atoms with van der Waals surface area (Å²) in [6, 6.07) is 30.6. The standard InChI is InChI=1S/C31H23NO3/c33-31(34-20-28-24-12-3-1-10-22(24)23-11-2-4-13-25(23)28)32-18-8-7-9-21-16-17-30-27(19-21)26-14-5-6-15-29(26)35-30/h1-6,10-17,19,28H,8,18,20H2,(H,32,33). The first-order chi connectivity index (χ1) is 17.3. The van der Waals surface area contributed by atoms with Crippen molar-refractivity contribution in [1.82, 2.24) is 5.32 Å². The van der Waals surface area contributed by atoms with E-state index in [1.54, 1.807) is 0 Å². The van der Waals surface area contributed by atoms with Crippen LogP contribution in [0.4, 0.5) is 4.79 Å². The van der Waals surface area contributed by atoms with E-state index in [2.05, 4.69) is 47.5 Å². The molecule has 0 atom stereocenters. The van der Waals surface area contributed by atoms with Gasteiger partial charge in [0, 0.05) is 35.2 Å². The van der Waals surface area contributed by atoms with E-state index in [-0.39, 0.29) is 5.92 Å². The number of hydrogen-bond donors (Lipinski definition) is 1. The molecule has 4 aromatic carbocycles. The van der Waals surface area contributed by atoms with Crippen LogP contribution in [0.25, 0.3) is 33.1 Å². The van der Waals surface area contributed by atoms with Gasteiger partial charge in [-0.05, 0) is 46.5 Å². The Morgan fingerprint density at radius 2 is 1.51 bits per heavy atom. The van der Waals surface area contributed by atoms with E-state index in [0.29, 0.717) is 19.6 Å². The van der Waals surface area contributed by atoms with Gasteiger partial charge in [-0.25, -0.2) is 4.79 Å². The molecule has 0 radical (unpaired) electrons. The van der Waals surface area contributed by atoms with Crippen LogP contribution in [0.1, 0.15) is 29.0 Å². The van der Waals surface area contributed by atoms with Gasteiger partial charge in [0.2, 0.25) is 0 Å². The fraction of sp³-hybridized carbons (Fsp3) is 0.129. The third kappa shape index (κ3) is 4.02. The lowest BCUT2D eigenvalue weighted by molar-refractivity contribution is 0.143. The van der Waals surface area contributed by atoms with Gasteiger partial charge in [0.1, 0.15) is 17.8 Å². The van der Waals surface area contributed by atoms with Crippen molar-refractivity contribution in [3.05, 3.63) is 108 Å². The number of para-hydroxylation sites is 1. The van der Waals surface area contributed by atoms with Crippen molar-refractivity contribution in [2.75, 3.05) is 13.2 Å². The topological polar surface area (TPSA) is 51.5 Å². The van der Waals surface area contributed by atoms with Gasteiger partial charge in [0.15, 0.2) is 0 Å². The molecular weight excluding hydrogens is 434 g/mol. The Hall–Kier alpha value is -4.49. The molecule has 1 amide bonds. The summed E-state index contributed by atoms with van der Waals surface area (Å²) < 4.78 is 11.4. The van der Waals surface area contributed by atoms with Gasteiger partial charge in [0.05, 0.1) is 0 Å². The lowest BCUT2D eigenvalue weighted by Crippen LogP contribution is -2.26. The van der Waals surface area contributed by atoms with E-state index in [1.807, 2.05) is 60.7 Å². The zero-order chi connectivity index (χ0) is 23.6. The quantitative estimate of drug-likeness (QED) is 0.237. The van der Waals surface area contributed by atoms with Crippen LogP contribution >= 0.6 is 0 Å². The summed E-state index contributed by atoms with van der Waals surface area (Å²) in [6.45, 7) is 0.741. The van der Waals surface area contributed by atoms with Crippen molar-refractivity contribution in [2.24, 2.45) is 0 Å². The zero-order valence-electron chi connectivity index (χ0n) is 19.1. The summed E-state index contributed by atoms with van der Waals surface area (Å²) in [4.78, 5) is 12.3. The van der Waals surface area contributed by atoms with Crippen LogP contribution in [0.3, 0.4) is 0 Å². The summed E-state index contributed by atoms with van der Waals surface area (Å²) in [6.07, 6.45) is 0.119. The monoisotopic (exact) mass is 457 g/mol. The lowest BCUT2D eigenvalue weighted by atomic mass is 9.98. The molecule has 1 aromatic heterocycles. The molecule has 4 nitrogen and oxygen atoms in total. The Labute approximate surface area is 203 Å². The number of alkyl carbamates (subject to hydrolysis) is 1. The second-order valence-electron chi connectivity index (χ2n) is 8.61. The molecule has 0 saturated carbocycles. The number of benzene rings is 4. The fourth-order valence-corrected chi connectivity index (χ4v) is 4.84. The van der Waals surface area contributed by atoms with Crippen molar-refractivity contribution in [3.63, 3.8) is 0 Å². The molecule has 0 aliphatic heterocycles. The predicted molar refractivity (Wildman–Crippen MR) is 138 cm³/mol. The summed E-state index contributed by atoms with van der Waals surface area (Å²) in [5, 5.41) is 4.96. The van der Waals surface area contributed by atoms with E-state index < -0.39 is 6.09 Å². The van der Waals surface area contributed by atoms with Gasteiger partial charge in [0.25, 0.3) is 0 Å². The predicted octanol–water partition coefficient (Wildman–Crippen LogP) is 6.87. The highest BCUT2D eigenvalue weighted by Crippen LogP contribution is 2.44. The number of carbonyl (C=O) groups excluding carboxylic acids is 1. The van der Waals surface area contributed by atoms with Crippen LogP contribution < -0.4 is 5.32 Å². The Balaban J connectivity index is 1.04. The number of amides is 1. The van der Waals surface area contributed by atoms with Crippen LogP contribution in [-0.2, 0) is 4.74 Å². The summed E-state index contributed by atoms with van der Waals surface area (Å²) in [7, 11) is 0. The average molecular weight is 458 g/mol. The van der Waals surface area contributed by atoms with E-state index in [9.17, 15) is 4.79 Å². The van der Waals surface area contributed by atoms with Gasteiger partial charge in [-0.1, -0.05) is 78.6 Å². The van der Waals surface area contributed by atoms with E-state index in [1.165, 1.54) is 22.3 Å². The van der Waals surface area contributed by atoms with Crippen LogP contribution in [0, 0.1) is 11.8 Å². The first kappa shape index (κ1) is 21.1. The highest BCUT2D eigenvalue weighted by atomic mass is 16.5. The number of rotatable bonds is 4. The van der Waals surface area contributed by atoms with Gasteiger partial charge in [-0.3, -0.25) is 0 Å². The molecule has 1 aliphatic rings.